The molecule has 1 aliphatic heterocycles. The van der Waals surface area contributed by atoms with E-state index < -0.39 is 0 Å². The summed E-state index contributed by atoms with van der Waals surface area (Å²) in [4.78, 5) is 19.8. The maximum absolute atomic E-state index is 13.4. The Hall–Kier alpha value is -2.63. The van der Waals surface area contributed by atoms with Crippen LogP contribution in [-0.4, -0.2) is 38.5 Å². The first-order valence-corrected chi connectivity index (χ1v) is 9.59. The van der Waals surface area contributed by atoms with E-state index in [0.717, 1.165) is 29.7 Å². The molecule has 3 aromatic rings. The van der Waals surface area contributed by atoms with Gasteiger partial charge in [0.05, 0.1) is 17.0 Å². The molecule has 1 saturated heterocycles. The number of rotatable bonds is 4. The second-order valence-electron chi connectivity index (χ2n) is 6.23. The van der Waals surface area contributed by atoms with Crippen LogP contribution >= 0.6 is 11.8 Å². The molecule has 6 nitrogen and oxygen atoms in total. The third-order valence-electron chi connectivity index (χ3n) is 4.53. The van der Waals surface area contributed by atoms with Crippen LogP contribution in [0.3, 0.4) is 0 Å². The number of fused-ring (bicyclic) bond motifs is 1. The zero-order valence-electron chi connectivity index (χ0n) is 14.4. The van der Waals surface area contributed by atoms with Crippen LogP contribution in [0.25, 0.3) is 16.8 Å². The average molecular weight is 384 g/mol. The highest BCUT2D eigenvalue weighted by Crippen LogP contribution is 2.36. The van der Waals surface area contributed by atoms with E-state index in [1.165, 1.54) is 28.4 Å². The highest BCUT2D eigenvalue weighted by molar-refractivity contribution is 7.99. The molecule has 0 unspecified atom stereocenters. The lowest BCUT2D eigenvalue weighted by atomic mass is 9.91. The summed E-state index contributed by atoms with van der Waals surface area (Å²) in [6.45, 7) is 1.29. The van der Waals surface area contributed by atoms with Gasteiger partial charge in [0.25, 0.3) is 0 Å². The number of aromatic amines is 1. The third-order valence-corrected chi connectivity index (χ3v) is 5.31. The molecule has 0 atom stereocenters. The van der Waals surface area contributed by atoms with Crippen LogP contribution in [0.4, 0.5) is 4.39 Å². The summed E-state index contributed by atoms with van der Waals surface area (Å²) < 4.78 is 20.2. The largest absolute Gasteiger partial charge is 0.381 e. The van der Waals surface area contributed by atoms with Crippen molar-refractivity contribution in [2.45, 2.75) is 23.9 Å². The number of nitrogens with one attached hydrogen (secondary N) is 1. The smallest absolute Gasteiger partial charge is 0.350 e. The molecule has 0 saturated carbocycles. The SMILES string of the molecule is C#CCSc1nc2c(-c3ccc(F)cc3)c(C3CCOCC3)nn2c(=O)[nH]1. The Morgan fingerprint density at radius 2 is 2.07 bits per heavy atom. The normalized spacial score (nSPS) is 15.1. The third kappa shape index (κ3) is 3.48. The molecule has 0 spiro atoms. The summed E-state index contributed by atoms with van der Waals surface area (Å²) in [5, 5.41) is 5.00. The lowest BCUT2D eigenvalue weighted by molar-refractivity contribution is 0.0845. The molecule has 27 heavy (non-hydrogen) atoms. The van der Waals surface area contributed by atoms with Crippen molar-refractivity contribution >= 4 is 17.4 Å². The summed E-state index contributed by atoms with van der Waals surface area (Å²) in [5.74, 6) is 2.74. The number of hydrogen-bond donors (Lipinski definition) is 1. The van der Waals surface area contributed by atoms with Gasteiger partial charge in [-0.05, 0) is 30.5 Å². The van der Waals surface area contributed by atoms with Gasteiger partial charge >= 0.3 is 5.69 Å². The maximum Gasteiger partial charge on any atom is 0.350 e. The number of aromatic nitrogens is 4. The zero-order chi connectivity index (χ0) is 18.8. The molecule has 8 heteroatoms. The summed E-state index contributed by atoms with van der Waals surface area (Å²) in [7, 11) is 0. The van der Waals surface area contributed by atoms with Crippen molar-refractivity contribution < 1.29 is 9.13 Å². The van der Waals surface area contributed by atoms with Crippen molar-refractivity contribution in [1.29, 1.82) is 0 Å². The molecule has 2 aromatic heterocycles. The summed E-state index contributed by atoms with van der Waals surface area (Å²) in [5.41, 5.74) is 2.41. The predicted molar refractivity (Wildman–Crippen MR) is 101 cm³/mol. The Bertz CT molecular complexity index is 1060. The Kier molecular flexibility index (Phi) is 4.97. The van der Waals surface area contributed by atoms with Gasteiger partial charge in [0.1, 0.15) is 5.82 Å². The minimum absolute atomic E-state index is 0.154. The Balaban J connectivity index is 1.93. The molecule has 0 amide bonds. The standard InChI is InChI=1S/C19H17FN4O2S/c1-2-11-27-18-21-17-15(12-3-5-14(20)6-4-12)16(13-7-9-26-10-8-13)23-24(17)19(25)22-18/h1,3-6,13H,7-11H2,(H,21,22,25). The van der Waals surface area contributed by atoms with E-state index in [0.29, 0.717) is 29.8 Å². The van der Waals surface area contributed by atoms with E-state index in [1.54, 1.807) is 12.1 Å². The second kappa shape index (κ2) is 7.55. The minimum Gasteiger partial charge on any atom is -0.381 e. The van der Waals surface area contributed by atoms with Crippen LogP contribution in [-0.2, 0) is 4.74 Å². The lowest BCUT2D eigenvalue weighted by Crippen LogP contribution is -2.20. The topological polar surface area (TPSA) is 72.3 Å². The molecule has 0 radical (unpaired) electrons. The first kappa shape index (κ1) is 17.8. The number of thioether (sulfide) groups is 1. The van der Waals surface area contributed by atoms with E-state index in [-0.39, 0.29) is 17.4 Å². The van der Waals surface area contributed by atoms with Crippen LogP contribution in [0.2, 0.25) is 0 Å². The Labute approximate surface area is 159 Å². The fraction of sp³-hybridized carbons (Fsp3) is 0.316. The molecule has 3 heterocycles. The van der Waals surface area contributed by atoms with Crippen LogP contribution in [0, 0.1) is 18.2 Å². The minimum atomic E-state index is -0.374. The van der Waals surface area contributed by atoms with E-state index >= 15 is 0 Å². The Morgan fingerprint density at radius 3 is 2.78 bits per heavy atom. The molecular weight excluding hydrogens is 367 g/mol. The van der Waals surface area contributed by atoms with Crippen molar-refractivity contribution in [3.8, 4) is 23.5 Å². The molecule has 138 valence electrons. The monoisotopic (exact) mass is 384 g/mol. The van der Waals surface area contributed by atoms with Gasteiger partial charge in [0.2, 0.25) is 0 Å². The number of nitrogens with zero attached hydrogens (tertiary/aromatic N) is 3. The van der Waals surface area contributed by atoms with Crippen molar-refractivity contribution in [3.63, 3.8) is 0 Å². The number of benzene rings is 1. The molecule has 1 aromatic carbocycles. The van der Waals surface area contributed by atoms with Gasteiger partial charge in [-0.25, -0.2) is 14.2 Å². The van der Waals surface area contributed by atoms with Crippen molar-refractivity contribution in [2.75, 3.05) is 19.0 Å². The summed E-state index contributed by atoms with van der Waals surface area (Å²) >= 11 is 1.28. The highest BCUT2D eigenvalue weighted by atomic mass is 32.2. The summed E-state index contributed by atoms with van der Waals surface area (Å²) in [6, 6.07) is 6.17. The van der Waals surface area contributed by atoms with Gasteiger partial charge in [-0.2, -0.15) is 9.61 Å². The molecule has 1 aliphatic rings. The maximum atomic E-state index is 13.4. The van der Waals surface area contributed by atoms with Gasteiger partial charge in [0, 0.05) is 19.1 Å². The molecule has 0 bridgehead atoms. The first-order chi connectivity index (χ1) is 13.2. The molecular formula is C19H17FN4O2S. The molecule has 0 aliphatic carbocycles. The number of terminal acetylenes is 1. The summed E-state index contributed by atoms with van der Waals surface area (Å²) in [6.07, 6.45) is 6.94. The van der Waals surface area contributed by atoms with Crippen LogP contribution in [0.1, 0.15) is 24.5 Å². The molecule has 4 rings (SSSR count). The van der Waals surface area contributed by atoms with E-state index in [1.807, 2.05) is 0 Å². The number of ether oxygens (including phenoxy) is 1. The predicted octanol–water partition coefficient (Wildman–Crippen LogP) is 2.84. The fourth-order valence-corrected chi connectivity index (χ4v) is 3.80. The van der Waals surface area contributed by atoms with Crippen LogP contribution in [0.15, 0.2) is 34.2 Å². The van der Waals surface area contributed by atoms with E-state index in [4.69, 9.17) is 11.2 Å². The van der Waals surface area contributed by atoms with Crippen LogP contribution < -0.4 is 5.69 Å². The van der Waals surface area contributed by atoms with Crippen molar-refractivity contribution in [2.24, 2.45) is 0 Å². The Morgan fingerprint density at radius 1 is 1.33 bits per heavy atom. The number of hydrogen-bond acceptors (Lipinski definition) is 5. The average Bonchev–Trinajstić information content (AvgIpc) is 3.08. The van der Waals surface area contributed by atoms with Gasteiger partial charge in [-0.3, -0.25) is 4.98 Å². The van der Waals surface area contributed by atoms with Gasteiger partial charge < -0.3 is 4.74 Å². The number of H-pyrrole nitrogens is 1. The zero-order valence-corrected chi connectivity index (χ0v) is 15.3. The quantitative estimate of drug-likeness (QED) is 0.553. The lowest BCUT2D eigenvalue weighted by Gasteiger charge is -2.21. The van der Waals surface area contributed by atoms with E-state index in [9.17, 15) is 9.18 Å². The second-order valence-corrected chi connectivity index (χ2v) is 7.19. The van der Waals surface area contributed by atoms with Gasteiger partial charge in [-0.1, -0.05) is 29.8 Å². The van der Waals surface area contributed by atoms with Crippen molar-refractivity contribution in [1.82, 2.24) is 19.6 Å². The van der Waals surface area contributed by atoms with Gasteiger partial charge in [-0.15, -0.1) is 6.42 Å². The van der Waals surface area contributed by atoms with Crippen molar-refractivity contribution in [3.05, 3.63) is 46.3 Å². The first-order valence-electron chi connectivity index (χ1n) is 8.60. The highest BCUT2D eigenvalue weighted by Gasteiger charge is 2.26. The fourth-order valence-electron chi connectivity index (χ4n) is 3.27. The molecule has 1 N–H and O–H groups in total. The van der Waals surface area contributed by atoms with Crippen LogP contribution in [0.5, 0.6) is 0 Å². The van der Waals surface area contributed by atoms with Gasteiger partial charge in [0.15, 0.2) is 10.8 Å². The number of halogens is 1. The molecule has 1 fully saturated rings. The van der Waals surface area contributed by atoms with E-state index in [2.05, 4.69) is 21.0 Å².